The number of carbonyl (C=O) groups excluding carboxylic acids is 1. The summed E-state index contributed by atoms with van der Waals surface area (Å²) in [6.07, 6.45) is 9.42. The molecule has 3 aliphatic heterocycles. The Balaban J connectivity index is 1.33. The number of allylic oxidation sites excluding steroid dienone is 2. The molecule has 0 bridgehead atoms. The van der Waals surface area contributed by atoms with Gasteiger partial charge >= 0.3 is 0 Å². The highest BCUT2D eigenvalue weighted by molar-refractivity contribution is 6.06. The fraction of sp³-hybridized carbons (Fsp3) is 0.438. The van der Waals surface area contributed by atoms with Crippen molar-refractivity contribution in [2.45, 2.75) is 52.3 Å². The maximum atomic E-state index is 13.9. The number of likely N-dealkylation sites (N-methyl/N-ethyl adjacent to an activating group) is 1. The molecule has 1 fully saturated rings. The Hall–Kier alpha value is -4.22. The lowest BCUT2D eigenvalue weighted by Crippen LogP contribution is -2.49. The second kappa shape index (κ2) is 12.2. The van der Waals surface area contributed by atoms with Gasteiger partial charge in [0.15, 0.2) is 5.82 Å². The minimum Gasteiger partial charge on any atom is -0.392 e. The van der Waals surface area contributed by atoms with Gasteiger partial charge in [0.2, 0.25) is 0 Å². The normalized spacial score (nSPS) is 19.2. The molecule has 6 heterocycles. The molecule has 0 unspecified atom stereocenters. The van der Waals surface area contributed by atoms with E-state index in [9.17, 15) is 14.7 Å². The highest BCUT2D eigenvalue weighted by Crippen LogP contribution is 2.33. The van der Waals surface area contributed by atoms with Crippen LogP contribution in [-0.2, 0) is 31.5 Å². The number of fused-ring (bicyclic) bond motifs is 2. The van der Waals surface area contributed by atoms with E-state index in [-0.39, 0.29) is 18.1 Å². The Labute approximate surface area is 251 Å². The monoisotopic (exact) mass is 584 g/mol. The fourth-order valence-corrected chi connectivity index (χ4v) is 6.28. The summed E-state index contributed by atoms with van der Waals surface area (Å²) in [5, 5.41) is 18.5. The lowest BCUT2D eigenvalue weighted by Gasteiger charge is -2.37. The summed E-state index contributed by atoms with van der Waals surface area (Å²) in [5.41, 5.74) is 4.84. The maximum absolute atomic E-state index is 13.9. The van der Waals surface area contributed by atoms with E-state index in [1.165, 1.54) is 4.57 Å². The van der Waals surface area contributed by atoms with Crippen LogP contribution in [0.5, 0.6) is 0 Å². The highest BCUT2D eigenvalue weighted by Gasteiger charge is 2.32. The third-order valence-electron chi connectivity index (χ3n) is 8.69. The molecular weight excluding hydrogens is 544 g/mol. The fourth-order valence-electron chi connectivity index (χ4n) is 6.28. The van der Waals surface area contributed by atoms with Gasteiger partial charge in [-0.2, -0.15) is 5.10 Å². The van der Waals surface area contributed by atoms with Gasteiger partial charge in [0.05, 0.1) is 18.8 Å². The van der Waals surface area contributed by atoms with E-state index in [2.05, 4.69) is 38.7 Å². The first kappa shape index (κ1) is 28.9. The molecule has 0 atom stereocenters. The largest absolute Gasteiger partial charge is 0.392 e. The molecule has 0 aromatic carbocycles. The van der Waals surface area contributed by atoms with Crippen LogP contribution >= 0.6 is 0 Å². The number of aryl methyl sites for hydroxylation is 1. The lowest BCUT2D eigenvalue weighted by atomic mass is 10.0. The van der Waals surface area contributed by atoms with Gasteiger partial charge in [-0.25, -0.2) is 4.98 Å². The van der Waals surface area contributed by atoms with Crippen molar-refractivity contribution in [2.24, 2.45) is 7.05 Å². The number of piperazine rings is 1. The second-order valence-corrected chi connectivity index (χ2v) is 11.6. The average Bonchev–Trinajstić information content (AvgIpc) is 3.44. The number of nitrogens with one attached hydrogen (secondary N) is 1. The van der Waals surface area contributed by atoms with Crippen molar-refractivity contribution in [3.63, 3.8) is 0 Å². The molecule has 0 aliphatic carbocycles. The summed E-state index contributed by atoms with van der Waals surface area (Å²) in [5.74, 6) is 0.914. The smallest absolute Gasteiger partial charge is 0.275 e. The van der Waals surface area contributed by atoms with Crippen LogP contribution in [0.4, 0.5) is 17.3 Å². The van der Waals surface area contributed by atoms with Crippen LogP contribution in [0.25, 0.3) is 11.1 Å². The number of amides is 1. The van der Waals surface area contributed by atoms with Crippen molar-refractivity contribution in [1.82, 2.24) is 29.1 Å². The minimum atomic E-state index is -0.314. The second-order valence-electron chi connectivity index (χ2n) is 11.6. The van der Waals surface area contributed by atoms with Gasteiger partial charge in [0.25, 0.3) is 11.5 Å². The molecule has 43 heavy (non-hydrogen) atoms. The van der Waals surface area contributed by atoms with E-state index in [1.807, 2.05) is 22.9 Å². The number of aliphatic hydroxyl groups excluding tert-OH is 1. The highest BCUT2D eigenvalue weighted by atomic mass is 16.3. The van der Waals surface area contributed by atoms with E-state index in [0.29, 0.717) is 47.2 Å². The van der Waals surface area contributed by atoms with Crippen LogP contribution in [0.2, 0.25) is 0 Å². The number of rotatable bonds is 6. The van der Waals surface area contributed by atoms with E-state index >= 15 is 0 Å². The van der Waals surface area contributed by atoms with Crippen molar-refractivity contribution < 1.29 is 9.90 Å². The molecule has 0 radical (unpaired) electrons. The lowest BCUT2D eigenvalue weighted by molar-refractivity contribution is -0.117. The van der Waals surface area contributed by atoms with Crippen LogP contribution in [0, 0.1) is 0 Å². The molecule has 3 aromatic rings. The summed E-state index contributed by atoms with van der Waals surface area (Å²) in [7, 11) is 1.70. The zero-order valence-corrected chi connectivity index (χ0v) is 25.1. The Kier molecular flexibility index (Phi) is 8.18. The Morgan fingerprint density at radius 2 is 1.93 bits per heavy atom. The molecular formula is C32H40N8O3. The molecule has 1 amide bonds. The third-order valence-corrected chi connectivity index (χ3v) is 8.69. The number of carbonyl (C=O) groups is 1. The van der Waals surface area contributed by atoms with Crippen molar-refractivity contribution in [2.75, 3.05) is 42.9 Å². The number of aliphatic hydroxyl groups is 1. The number of hydrogen-bond acceptors (Lipinski definition) is 8. The molecule has 11 heteroatoms. The van der Waals surface area contributed by atoms with Crippen LogP contribution < -0.4 is 15.8 Å². The predicted molar refractivity (Wildman–Crippen MR) is 167 cm³/mol. The van der Waals surface area contributed by atoms with Gasteiger partial charge in [-0.3, -0.25) is 24.1 Å². The van der Waals surface area contributed by atoms with E-state index in [0.717, 1.165) is 75.2 Å². The number of aromatic nitrogens is 4. The van der Waals surface area contributed by atoms with Crippen molar-refractivity contribution in [3.8, 4) is 11.1 Å². The van der Waals surface area contributed by atoms with Crippen molar-refractivity contribution in [3.05, 3.63) is 76.1 Å². The van der Waals surface area contributed by atoms with Crippen molar-refractivity contribution >= 4 is 23.2 Å². The maximum Gasteiger partial charge on any atom is 0.275 e. The van der Waals surface area contributed by atoms with E-state index < -0.39 is 0 Å². The summed E-state index contributed by atoms with van der Waals surface area (Å²) in [6.45, 7) is 11.5. The third kappa shape index (κ3) is 5.74. The first-order valence-electron chi connectivity index (χ1n) is 15.2. The molecule has 3 aromatic heterocycles. The number of nitrogens with zero attached hydrogens (tertiary/aromatic N) is 7. The summed E-state index contributed by atoms with van der Waals surface area (Å²) in [6, 6.07) is 5.58. The minimum absolute atomic E-state index is 0.137. The van der Waals surface area contributed by atoms with Gasteiger partial charge in [-0.1, -0.05) is 25.5 Å². The van der Waals surface area contributed by atoms with E-state index in [4.69, 9.17) is 0 Å². The molecule has 0 spiro atoms. The van der Waals surface area contributed by atoms with Gasteiger partial charge in [-0.15, -0.1) is 0 Å². The number of pyridine rings is 2. The average molecular weight is 585 g/mol. The van der Waals surface area contributed by atoms with Crippen LogP contribution in [0.3, 0.4) is 0 Å². The predicted octanol–water partition coefficient (Wildman–Crippen LogP) is 3.38. The van der Waals surface area contributed by atoms with Crippen LogP contribution in [0.1, 0.15) is 43.9 Å². The van der Waals surface area contributed by atoms with Crippen LogP contribution in [-0.4, -0.2) is 72.9 Å². The van der Waals surface area contributed by atoms with Gasteiger partial charge in [0, 0.05) is 69.4 Å². The quantitative estimate of drug-likeness (QED) is 0.454. The first-order chi connectivity index (χ1) is 20.9. The molecule has 11 nitrogen and oxygen atoms in total. The number of anilines is 3. The Morgan fingerprint density at radius 3 is 2.74 bits per heavy atom. The zero-order valence-electron chi connectivity index (χ0n) is 25.1. The standard InChI is InChI=1S/C32H40N8O3/c1-4-37-12-15-40-24(20-37)18-29(35-40)34-27-17-23(19-36(3)31(27)42)25-9-10-33-30(26(25)21-41)39-14-13-38-11-7-5-6-8-22(2)16-28(38)32(39)43/h9-10,16-19,41H,2,4-8,11-15,20-21H2,1,3H3,(H,34,35)/b28-16-. The molecule has 0 saturated carbocycles. The summed E-state index contributed by atoms with van der Waals surface area (Å²) in [4.78, 5) is 37.8. The molecule has 2 N–H and O–H groups in total. The SMILES string of the molecule is C=C1/C=C2/C(=O)N(c3nccc(-c4cc(Nc5cc6n(n5)CCN(CC)C6)c(=O)n(C)c4)c3CO)CCN2CCCCC1. The first-order valence-corrected chi connectivity index (χ1v) is 15.2. The zero-order chi connectivity index (χ0) is 30.1. The Morgan fingerprint density at radius 1 is 1.07 bits per heavy atom. The van der Waals surface area contributed by atoms with Crippen LogP contribution in [0.15, 0.2) is 59.3 Å². The molecule has 1 saturated heterocycles. The molecule has 6 rings (SSSR count). The number of hydrogen-bond donors (Lipinski definition) is 2. The Bertz CT molecular complexity index is 1640. The van der Waals surface area contributed by atoms with E-state index in [1.54, 1.807) is 30.4 Å². The molecule has 3 aliphatic rings. The summed E-state index contributed by atoms with van der Waals surface area (Å²) < 4.78 is 3.51. The van der Waals surface area contributed by atoms with Gasteiger partial charge < -0.3 is 19.9 Å². The van der Waals surface area contributed by atoms with Gasteiger partial charge in [0.1, 0.15) is 17.2 Å². The topological polar surface area (TPSA) is 112 Å². The van der Waals surface area contributed by atoms with Crippen molar-refractivity contribution in [1.29, 1.82) is 0 Å². The van der Waals surface area contributed by atoms with Gasteiger partial charge in [-0.05, 0) is 49.6 Å². The molecule has 226 valence electrons. The summed E-state index contributed by atoms with van der Waals surface area (Å²) >= 11 is 0.